The molecule has 174 valence electrons. The first-order valence-corrected chi connectivity index (χ1v) is 12.3. The molecule has 0 aromatic carbocycles. The van der Waals surface area contributed by atoms with Gasteiger partial charge in [0.05, 0.1) is 13.2 Å². The summed E-state index contributed by atoms with van der Waals surface area (Å²) in [7, 11) is 0. The van der Waals surface area contributed by atoms with Gasteiger partial charge >= 0.3 is 0 Å². The molecule has 1 N–H and O–H groups in total. The number of fused-ring (bicyclic) bond motifs is 1. The number of hydrogen-bond donors (Lipinski definition) is 1. The maximum atomic E-state index is 13.2. The highest BCUT2D eigenvalue weighted by atomic mass is 16.5. The van der Waals surface area contributed by atoms with E-state index >= 15 is 0 Å². The molecule has 0 bridgehead atoms. The van der Waals surface area contributed by atoms with Gasteiger partial charge in [0.25, 0.3) is 5.56 Å². The Morgan fingerprint density at radius 3 is 2.72 bits per heavy atom. The highest BCUT2D eigenvalue weighted by Crippen LogP contribution is 2.32. The number of rotatable bonds is 5. The molecule has 8 nitrogen and oxygen atoms in total. The van der Waals surface area contributed by atoms with Crippen molar-refractivity contribution < 1.29 is 9.53 Å². The van der Waals surface area contributed by atoms with Gasteiger partial charge in [0, 0.05) is 61.0 Å². The van der Waals surface area contributed by atoms with E-state index in [1.54, 1.807) is 4.52 Å². The van der Waals surface area contributed by atoms with Gasteiger partial charge in [-0.25, -0.2) is 9.50 Å². The lowest BCUT2D eigenvalue weighted by molar-refractivity contribution is -0.135. The number of carbonyl (C=O) groups excluding carboxylic acids is 1. The zero-order valence-electron chi connectivity index (χ0n) is 19.1. The summed E-state index contributed by atoms with van der Waals surface area (Å²) in [6.45, 7) is 6.52. The van der Waals surface area contributed by atoms with E-state index in [1.807, 2.05) is 17.9 Å². The van der Waals surface area contributed by atoms with Crippen LogP contribution < -0.4 is 5.56 Å². The lowest BCUT2D eigenvalue weighted by Crippen LogP contribution is -2.41. The SMILES string of the molecule is Cc1nc2cc(C3CCN(C4CCCCC4)C3)[nH]n2c(=O)c1CCC(=O)N1CCOCC1. The first-order valence-electron chi connectivity index (χ1n) is 12.3. The lowest BCUT2D eigenvalue weighted by Gasteiger charge is -2.30. The number of H-pyrrole nitrogens is 1. The van der Waals surface area contributed by atoms with Crippen molar-refractivity contribution >= 4 is 11.6 Å². The Hall–Kier alpha value is -2.19. The van der Waals surface area contributed by atoms with Gasteiger partial charge in [-0.1, -0.05) is 19.3 Å². The highest BCUT2D eigenvalue weighted by Gasteiger charge is 2.31. The summed E-state index contributed by atoms with van der Waals surface area (Å²) >= 11 is 0. The van der Waals surface area contributed by atoms with Gasteiger partial charge in [-0.15, -0.1) is 0 Å². The van der Waals surface area contributed by atoms with Crippen molar-refractivity contribution in [3.05, 3.63) is 33.4 Å². The van der Waals surface area contributed by atoms with E-state index in [9.17, 15) is 9.59 Å². The molecule has 1 unspecified atom stereocenters. The quantitative estimate of drug-likeness (QED) is 0.770. The summed E-state index contributed by atoms with van der Waals surface area (Å²) in [6, 6.07) is 2.78. The lowest BCUT2D eigenvalue weighted by atomic mass is 9.94. The van der Waals surface area contributed by atoms with Crippen molar-refractivity contribution in [2.75, 3.05) is 39.4 Å². The number of likely N-dealkylation sites (tertiary alicyclic amines) is 1. The molecule has 4 heterocycles. The normalized spacial score (nSPS) is 23.3. The molecule has 8 heteroatoms. The van der Waals surface area contributed by atoms with Crippen LogP contribution in [0.4, 0.5) is 0 Å². The molecule has 2 aromatic heterocycles. The fourth-order valence-electron chi connectivity index (χ4n) is 5.71. The third kappa shape index (κ3) is 4.35. The van der Waals surface area contributed by atoms with Crippen LogP contribution in [0.25, 0.3) is 5.65 Å². The van der Waals surface area contributed by atoms with Crippen LogP contribution in [-0.2, 0) is 16.0 Å². The summed E-state index contributed by atoms with van der Waals surface area (Å²) in [5.41, 5.74) is 3.07. The molecule has 1 amide bonds. The third-order valence-corrected chi connectivity index (χ3v) is 7.64. The molecule has 3 aliphatic rings. The second kappa shape index (κ2) is 9.35. The number of aryl methyl sites for hydroxylation is 1. The third-order valence-electron chi connectivity index (χ3n) is 7.64. The number of aromatic amines is 1. The summed E-state index contributed by atoms with van der Waals surface area (Å²) < 4.78 is 6.90. The fourth-order valence-corrected chi connectivity index (χ4v) is 5.71. The van der Waals surface area contributed by atoms with E-state index in [-0.39, 0.29) is 11.5 Å². The molecule has 2 aromatic rings. The van der Waals surface area contributed by atoms with Gasteiger partial charge in [-0.3, -0.25) is 19.6 Å². The second-order valence-electron chi connectivity index (χ2n) is 9.65. The molecule has 0 radical (unpaired) electrons. The Labute approximate surface area is 188 Å². The highest BCUT2D eigenvalue weighted by molar-refractivity contribution is 5.76. The van der Waals surface area contributed by atoms with Gasteiger partial charge < -0.3 is 9.64 Å². The number of carbonyl (C=O) groups is 1. The number of hydrogen-bond acceptors (Lipinski definition) is 5. The Morgan fingerprint density at radius 2 is 1.94 bits per heavy atom. The zero-order valence-corrected chi connectivity index (χ0v) is 19.1. The van der Waals surface area contributed by atoms with E-state index in [2.05, 4.69) is 10.00 Å². The van der Waals surface area contributed by atoms with E-state index in [1.165, 1.54) is 32.1 Å². The van der Waals surface area contributed by atoms with Crippen molar-refractivity contribution in [3.63, 3.8) is 0 Å². The number of amides is 1. The number of morpholine rings is 1. The van der Waals surface area contributed by atoms with Crippen LogP contribution in [0.3, 0.4) is 0 Å². The van der Waals surface area contributed by atoms with Gasteiger partial charge in [0.15, 0.2) is 5.65 Å². The largest absolute Gasteiger partial charge is 0.378 e. The molecule has 1 atom stereocenters. The predicted octanol–water partition coefficient (Wildman–Crippen LogP) is 2.24. The molecule has 2 aliphatic heterocycles. The molecule has 3 fully saturated rings. The van der Waals surface area contributed by atoms with E-state index in [0.29, 0.717) is 56.3 Å². The predicted molar refractivity (Wildman–Crippen MR) is 122 cm³/mol. The topological polar surface area (TPSA) is 82.9 Å². The standard InChI is InChI=1S/C24H35N5O3/c1-17-20(7-8-23(30)27-11-13-32-14-12-27)24(31)29-22(25-17)15-21(26-29)18-9-10-28(16-18)19-5-3-2-4-6-19/h15,18-19,26H,2-14,16H2,1H3. The van der Waals surface area contributed by atoms with E-state index in [4.69, 9.17) is 9.72 Å². The smallest absolute Gasteiger partial charge is 0.276 e. The molecule has 5 rings (SSSR count). The number of aromatic nitrogens is 3. The summed E-state index contributed by atoms with van der Waals surface area (Å²) in [5.74, 6) is 0.503. The minimum atomic E-state index is -0.0735. The van der Waals surface area contributed by atoms with Crippen LogP contribution in [-0.4, -0.2) is 75.7 Å². The summed E-state index contributed by atoms with van der Waals surface area (Å²) in [6.07, 6.45) is 8.61. The van der Waals surface area contributed by atoms with Gasteiger partial charge in [0.2, 0.25) is 5.91 Å². The second-order valence-corrected chi connectivity index (χ2v) is 9.65. The van der Waals surface area contributed by atoms with Crippen LogP contribution in [0, 0.1) is 6.92 Å². The van der Waals surface area contributed by atoms with Crippen molar-refractivity contribution in [2.45, 2.75) is 70.3 Å². The minimum absolute atomic E-state index is 0.0735. The summed E-state index contributed by atoms with van der Waals surface area (Å²) in [4.78, 5) is 34.9. The Balaban J connectivity index is 1.29. The van der Waals surface area contributed by atoms with E-state index < -0.39 is 0 Å². The first-order chi connectivity index (χ1) is 15.6. The summed E-state index contributed by atoms with van der Waals surface area (Å²) in [5, 5.41) is 3.35. The molecular formula is C24H35N5O3. The first kappa shape index (κ1) is 21.6. The zero-order chi connectivity index (χ0) is 22.1. The van der Waals surface area contributed by atoms with Crippen LogP contribution in [0.5, 0.6) is 0 Å². The van der Waals surface area contributed by atoms with Gasteiger partial charge in [0.1, 0.15) is 0 Å². The van der Waals surface area contributed by atoms with E-state index in [0.717, 1.165) is 36.9 Å². The van der Waals surface area contributed by atoms with Crippen LogP contribution in [0.1, 0.15) is 67.8 Å². The van der Waals surface area contributed by atoms with Crippen molar-refractivity contribution in [1.29, 1.82) is 0 Å². The molecule has 0 spiro atoms. The van der Waals surface area contributed by atoms with Gasteiger partial charge in [-0.2, -0.15) is 0 Å². The molecule has 1 saturated carbocycles. The number of nitrogens with one attached hydrogen (secondary N) is 1. The molecule has 2 saturated heterocycles. The van der Waals surface area contributed by atoms with Crippen molar-refractivity contribution in [3.8, 4) is 0 Å². The minimum Gasteiger partial charge on any atom is -0.378 e. The maximum Gasteiger partial charge on any atom is 0.276 e. The fraction of sp³-hybridized carbons (Fsp3) is 0.708. The maximum absolute atomic E-state index is 13.2. The number of nitrogens with zero attached hydrogens (tertiary/aromatic N) is 4. The van der Waals surface area contributed by atoms with Crippen LogP contribution in [0.15, 0.2) is 10.9 Å². The Bertz CT molecular complexity index is 1020. The van der Waals surface area contributed by atoms with Gasteiger partial charge in [-0.05, 0) is 39.2 Å². The molecule has 1 aliphatic carbocycles. The molecular weight excluding hydrogens is 406 g/mol. The monoisotopic (exact) mass is 441 g/mol. The average molecular weight is 442 g/mol. The Morgan fingerprint density at radius 1 is 1.16 bits per heavy atom. The number of ether oxygens (including phenoxy) is 1. The van der Waals surface area contributed by atoms with Crippen LogP contribution >= 0.6 is 0 Å². The van der Waals surface area contributed by atoms with Crippen molar-refractivity contribution in [1.82, 2.24) is 24.4 Å². The average Bonchev–Trinajstić information content (AvgIpc) is 3.47. The Kier molecular flexibility index (Phi) is 6.33. The van der Waals surface area contributed by atoms with Crippen LogP contribution in [0.2, 0.25) is 0 Å². The van der Waals surface area contributed by atoms with Crippen molar-refractivity contribution in [2.24, 2.45) is 0 Å². The molecule has 32 heavy (non-hydrogen) atoms.